The third-order valence-electron chi connectivity index (χ3n) is 6.26. The zero-order valence-corrected chi connectivity index (χ0v) is 24.3. The molecule has 0 bridgehead atoms. The summed E-state index contributed by atoms with van der Waals surface area (Å²) in [4.78, 5) is 13.1. The summed E-state index contributed by atoms with van der Waals surface area (Å²) in [5.74, 6) is -0.582. The maximum atomic E-state index is 13.6. The molecule has 4 aromatic carbocycles. The van der Waals surface area contributed by atoms with Crippen LogP contribution in [0.1, 0.15) is 22.3 Å². The summed E-state index contributed by atoms with van der Waals surface area (Å²) in [7, 11) is -7.91. The minimum absolute atomic E-state index is 0.0220. The van der Waals surface area contributed by atoms with Gasteiger partial charge in [0.15, 0.2) is 0 Å². The van der Waals surface area contributed by atoms with E-state index in [-0.39, 0.29) is 9.79 Å². The molecule has 1 amide bonds. The van der Waals surface area contributed by atoms with Crippen molar-refractivity contribution < 1.29 is 21.6 Å². The second-order valence-electron chi connectivity index (χ2n) is 9.66. The Morgan fingerprint density at radius 1 is 0.700 bits per heavy atom. The highest BCUT2D eigenvalue weighted by molar-refractivity contribution is 7.93. The second-order valence-corrected chi connectivity index (χ2v) is 13.2. The predicted octanol–water partition coefficient (Wildman–Crippen LogP) is 5.56. The van der Waals surface area contributed by atoms with E-state index in [1.807, 2.05) is 45.9 Å². The molecule has 208 valence electrons. The lowest BCUT2D eigenvalue weighted by molar-refractivity contribution is -0.114. The lowest BCUT2D eigenvalue weighted by atomic mass is 10.1. The maximum Gasteiger partial charge on any atom is 0.264 e. The van der Waals surface area contributed by atoms with Gasteiger partial charge in [0.05, 0.1) is 21.2 Å². The largest absolute Gasteiger partial charge is 0.325 e. The number of amides is 1. The van der Waals surface area contributed by atoms with E-state index in [1.54, 1.807) is 36.4 Å². The first-order chi connectivity index (χ1) is 18.8. The van der Waals surface area contributed by atoms with E-state index in [2.05, 4.69) is 10.0 Å². The quantitative estimate of drug-likeness (QED) is 0.271. The molecule has 0 spiro atoms. The van der Waals surface area contributed by atoms with Crippen LogP contribution in [0, 0.1) is 27.7 Å². The van der Waals surface area contributed by atoms with Crippen LogP contribution in [0.2, 0.25) is 0 Å². The number of nitrogens with zero attached hydrogens (tertiary/aromatic N) is 1. The predicted molar refractivity (Wildman–Crippen MR) is 159 cm³/mol. The molecule has 0 aliphatic heterocycles. The molecule has 0 aliphatic carbocycles. The molecule has 0 atom stereocenters. The van der Waals surface area contributed by atoms with Crippen LogP contribution >= 0.6 is 0 Å². The molecule has 0 fully saturated rings. The van der Waals surface area contributed by atoms with Gasteiger partial charge in [-0.05, 0) is 93.4 Å². The van der Waals surface area contributed by atoms with Crippen molar-refractivity contribution >= 4 is 43.0 Å². The number of carbonyl (C=O) groups excluding carboxylic acids is 1. The normalized spacial score (nSPS) is 11.6. The molecule has 40 heavy (non-hydrogen) atoms. The summed E-state index contributed by atoms with van der Waals surface area (Å²) in [5, 5.41) is 2.67. The molecule has 4 rings (SSSR count). The fourth-order valence-electron chi connectivity index (χ4n) is 4.12. The topological polar surface area (TPSA) is 113 Å². The lowest BCUT2D eigenvalue weighted by Gasteiger charge is -2.24. The Bertz CT molecular complexity index is 1750. The minimum atomic E-state index is -4.05. The first kappa shape index (κ1) is 28.8. The summed E-state index contributed by atoms with van der Waals surface area (Å²) in [5.41, 5.74) is 4.73. The van der Waals surface area contributed by atoms with E-state index >= 15 is 0 Å². The molecule has 0 heterocycles. The van der Waals surface area contributed by atoms with E-state index in [9.17, 15) is 21.6 Å². The number of carbonyl (C=O) groups is 1. The van der Waals surface area contributed by atoms with Gasteiger partial charge in [-0.15, -0.1) is 0 Å². The van der Waals surface area contributed by atoms with Crippen molar-refractivity contribution in [1.29, 1.82) is 0 Å². The van der Waals surface area contributed by atoms with Gasteiger partial charge in [-0.3, -0.25) is 13.8 Å². The Kier molecular flexibility index (Phi) is 8.32. The number of rotatable bonds is 9. The minimum Gasteiger partial charge on any atom is -0.325 e. The number of aryl methyl sites for hydroxylation is 4. The Hall–Kier alpha value is -4.15. The number of anilines is 3. The van der Waals surface area contributed by atoms with Crippen molar-refractivity contribution in [2.24, 2.45) is 0 Å². The molecule has 0 aliphatic rings. The van der Waals surface area contributed by atoms with Crippen LogP contribution in [0.25, 0.3) is 0 Å². The van der Waals surface area contributed by atoms with Gasteiger partial charge in [0, 0.05) is 5.69 Å². The van der Waals surface area contributed by atoms with E-state index in [4.69, 9.17) is 0 Å². The summed E-state index contributed by atoms with van der Waals surface area (Å²) >= 11 is 0. The monoisotopic (exact) mass is 577 g/mol. The van der Waals surface area contributed by atoms with Crippen molar-refractivity contribution in [3.8, 4) is 0 Å². The lowest BCUT2D eigenvalue weighted by Crippen LogP contribution is -2.38. The zero-order valence-electron chi connectivity index (χ0n) is 22.7. The second kappa shape index (κ2) is 11.5. The average Bonchev–Trinajstić information content (AvgIpc) is 2.89. The fourth-order valence-corrected chi connectivity index (χ4v) is 6.66. The van der Waals surface area contributed by atoms with Crippen LogP contribution in [-0.2, 0) is 24.8 Å². The van der Waals surface area contributed by atoms with Gasteiger partial charge >= 0.3 is 0 Å². The molecule has 0 radical (unpaired) electrons. The molecule has 8 nitrogen and oxygen atoms in total. The van der Waals surface area contributed by atoms with E-state index in [0.29, 0.717) is 17.1 Å². The highest BCUT2D eigenvalue weighted by Crippen LogP contribution is 2.26. The fraction of sp³-hybridized carbons (Fsp3) is 0.167. The van der Waals surface area contributed by atoms with Crippen molar-refractivity contribution in [1.82, 2.24) is 0 Å². The SMILES string of the molecule is Cc1ccc(S(=O)(=O)N(CC(=O)Nc2ccc(S(=O)(=O)Nc3ccc(C)cc3C)cc2)c2cccc(C)c2)cc1. The molecule has 0 unspecified atom stereocenters. The van der Waals surface area contributed by atoms with Crippen LogP contribution in [0.15, 0.2) is 101 Å². The third-order valence-corrected chi connectivity index (χ3v) is 9.43. The van der Waals surface area contributed by atoms with Crippen LogP contribution < -0.4 is 14.3 Å². The highest BCUT2D eigenvalue weighted by atomic mass is 32.2. The summed E-state index contributed by atoms with van der Waals surface area (Å²) in [6, 6.07) is 24.4. The first-order valence-electron chi connectivity index (χ1n) is 12.5. The van der Waals surface area contributed by atoms with Crippen molar-refractivity contribution in [3.63, 3.8) is 0 Å². The van der Waals surface area contributed by atoms with E-state index < -0.39 is 32.5 Å². The average molecular weight is 578 g/mol. The molecule has 0 saturated carbocycles. The molecule has 4 aromatic rings. The zero-order chi connectivity index (χ0) is 29.1. The summed E-state index contributed by atoms with van der Waals surface area (Å²) in [6.07, 6.45) is 0. The van der Waals surface area contributed by atoms with Gasteiger partial charge in [0.1, 0.15) is 6.54 Å². The molecule has 2 N–H and O–H groups in total. The Balaban J connectivity index is 1.53. The van der Waals surface area contributed by atoms with E-state index in [1.165, 1.54) is 36.4 Å². The molecule has 0 saturated heterocycles. The first-order valence-corrected chi connectivity index (χ1v) is 15.4. The number of nitrogens with one attached hydrogen (secondary N) is 2. The van der Waals surface area contributed by atoms with Gasteiger partial charge in [0.25, 0.3) is 20.0 Å². The smallest absolute Gasteiger partial charge is 0.264 e. The Labute approximate surface area is 235 Å². The van der Waals surface area contributed by atoms with Gasteiger partial charge in [-0.1, -0.05) is 47.5 Å². The van der Waals surface area contributed by atoms with E-state index in [0.717, 1.165) is 26.6 Å². The van der Waals surface area contributed by atoms with Crippen LogP contribution in [0.4, 0.5) is 17.1 Å². The highest BCUT2D eigenvalue weighted by Gasteiger charge is 2.27. The molecule has 10 heteroatoms. The van der Waals surface area contributed by atoms with Gasteiger partial charge in [-0.25, -0.2) is 16.8 Å². The van der Waals surface area contributed by atoms with Crippen LogP contribution in [0.5, 0.6) is 0 Å². The van der Waals surface area contributed by atoms with Crippen LogP contribution in [-0.4, -0.2) is 29.3 Å². The maximum absolute atomic E-state index is 13.6. The van der Waals surface area contributed by atoms with Gasteiger partial charge in [0.2, 0.25) is 5.91 Å². The summed E-state index contributed by atoms with van der Waals surface area (Å²) < 4.78 is 56.6. The standard InChI is InChI=1S/C30H31N3O5S2/c1-21-8-13-28(14-9-21)40(37,38)33(26-7-5-6-22(2)19-26)20-30(34)31-25-11-15-27(16-12-25)39(35,36)32-29-17-10-23(3)18-24(29)4/h5-19,32H,20H2,1-4H3,(H,31,34). The van der Waals surface area contributed by atoms with Crippen molar-refractivity contribution in [3.05, 3.63) is 113 Å². The molecular weight excluding hydrogens is 546 g/mol. The molecular formula is C30H31N3O5S2. The van der Waals surface area contributed by atoms with Gasteiger partial charge < -0.3 is 5.32 Å². The number of benzene rings is 4. The number of sulfonamides is 2. The Morgan fingerprint density at radius 2 is 1.30 bits per heavy atom. The Morgan fingerprint density at radius 3 is 1.93 bits per heavy atom. The number of hydrogen-bond acceptors (Lipinski definition) is 5. The van der Waals surface area contributed by atoms with Crippen molar-refractivity contribution in [2.45, 2.75) is 37.5 Å². The third kappa shape index (κ3) is 6.70. The summed E-state index contributed by atoms with van der Waals surface area (Å²) in [6.45, 7) is 6.97. The van der Waals surface area contributed by atoms with Crippen LogP contribution in [0.3, 0.4) is 0 Å². The van der Waals surface area contributed by atoms with Crippen molar-refractivity contribution in [2.75, 3.05) is 20.9 Å². The van der Waals surface area contributed by atoms with Gasteiger partial charge in [-0.2, -0.15) is 0 Å². The molecule has 0 aromatic heterocycles. The number of hydrogen-bond donors (Lipinski definition) is 2.